The Labute approximate surface area is 147 Å². The first-order valence-electron chi connectivity index (χ1n) is 9.49. The Morgan fingerprint density at radius 1 is 1.12 bits per heavy atom. The van der Waals surface area contributed by atoms with Crippen LogP contribution in [0.5, 0.6) is 0 Å². The van der Waals surface area contributed by atoms with Crippen molar-refractivity contribution in [3.63, 3.8) is 0 Å². The molecule has 5 heteroatoms. The highest BCUT2D eigenvalue weighted by molar-refractivity contribution is 5.82. The second-order valence-electron chi connectivity index (χ2n) is 8.17. The molecule has 4 rings (SSSR count). The molecule has 1 atom stereocenters. The predicted molar refractivity (Wildman–Crippen MR) is 92.2 cm³/mol. The smallest absolute Gasteiger partial charge is 0.223 e. The lowest BCUT2D eigenvalue weighted by Gasteiger charge is -2.31. The van der Waals surface area contributed by atoms with Crippen molar-refractivity contribution in [3.8, 4) is 0 Å². The van der Waals surface area contributed by atoms with E-state index in [-0.39, 0.29) is 22.8 Å². The maximum absolute atomic E-state index is 14.4. The highest BCUT2D eigenvalue weighted by Crippen LogP contribution is 2.58. The van der Waals surface area contributed by atoms with Crippen LogP contribution in [0.2, 0.25) is 0 Å². The number of carbonyl (C=O) groups is 1. The van der Waals surface area contributed by atoms with Gasteiger partial charge in [0.25, 0.3) is 0 Å². The number of amides is 1. The van der Waals surface area contributed by atoms with E-state index in [4.69, 9.17) is 0 Å². The Bertz CT molecular complexity index is 643. The highest BCUT2D eigenvalue weighted by Gasteiger charge is 2.57. The molecule has 1 aliphatic heterocycles. The van der Waals surface area contributed by atoms with Crippen LogP contribution in [-0.2, 0) is 10.2 Å². The first kappa shape index (κ1) is 17.0. The van der Waals surface area contributed by atoms with E-state index >= 15 is 0 Å². The molecule has 3 fully saturated rings. The van der Waals surface area contributed by atoms with Gasteiger partial charge in [-0.05, 0) is 62.7 Å². The van der Waals surface area contributed by atoms with Gasteiger partial charge in [0.1, 0.15) is 11.6 Å². The minimum Gasteiger partial charge on any atom is -0.355 e. The Hall–Kier alpha value is -1.49. The Morgan fingerprint density at radius 2 is 1.76 bits per heavy atom. The zero-order chi connectivity index (χ0) is 17.5. The highest BCUT2D eigenvalue weighted by atomic mass is 19.1. The summed E-state index contributed by atoms with van der Waals surface area (Å²) < 4.78 is 28.7. The van der Waals surface area contributed by atoms with Crippen LogP contribution in [0, 0.1) is 23.0 Å². The van der Waals surface area contributed by atoms with Gasteiger partial charge in [-0.2, -0.15) is 0 Å². The second kappa shape index (κ2) is 6.35. The molecule has 1 heterocycles. The number of carbonyl (C=O) groups excluding carboxylic acids is 1. The second-order valence-corrected chi connectivity index (χ2v) is 8.17. The summed E-state index contributed by atoms with van der Waals surface area (Å²) in [6, 6.07) is 4.05. The van der Waals surface area contributed by atoms with Crippen molar-refractivity contribution in [1.29, 1.82) is 0 Å². The van der Waals surface area contributed by atoms with Gasteiger partial charge in [-0.3, -0.25) is 4.79 Å². The van der Waals surface area contributed by atoms with Crippen molar-refractivity contribution in [2.45, 2.75) is 50.4 Å². The van der Waals surface area contributed by atoms with E-state index in [2.05, 4.69) is 10.6 Å². The molecule has 1 saturated heterocycles. The van der Waals surface area contributed by atoms with E-state index in [0.29, 0.717) is 6.54 Å². The lowest BCUT2D eigenvalue weighted by atomic mass is 9.78. The van der Waals surface area contributed by atoms with Crippen LogP contribution in [0.15, 0.2) is 18.2 Å². The van der Waals surface area contributed by atoms with Gasteiger partial charge in [-0.25, -0.2) is 8.78 Å². The molecule has 3 nitrogen and oxygen atoms in total. The molecule has 1 aromatic rings. The molecule has 2 saturated carbocycles. The number of rotatable bonds is 4. The first-order chi connectivity index (χ1) is 12.1. The molecule has 25 heavy (non-hydrogen) atoms. The van der Waals surface area contributed by atoms with E-state index in [1.807, 2.05) is 0 Å². The monoisotopic (exact) mass is 348 g/mol. The SMILES string of the molecule is O=C(NCC1(c2c(F)cccc2F)CCCC1)C1CC12CCNCC2. The number of hydrogen-bond acceptors (Lipinski definition) is 2. The topological polar surface area (TPSA) is 41.1 Å². The van der Waals surface area contributed by atoms with E-state index in [9.17, 15) is 13.6 Å². The lowest BCUT2D eigenvalue weighted by molar-refractivity contribution is -0.123. The van der Waals surface area contributed by atoms with Crippen molar-refractivity contribution in [2.75, 3.05) is 19.6 Å². The summed E-state index contributed by atoms with van der Waals surface area (Å²) in [7, 11) is 0. The van der Waals surface area contributed by atoms with Gasteiger partial charge in [0, 0.05) is 23.4 Å². The van der Waals surface area contributed by atoms with Crippen molar-refractivity contribution in [2.24, 2.45) is 11.3 Å². The first-order valence-corrected chi connectivity index (χ1v) is 9.49. The normalized spacial score (nSPS) is 26.6. The van der Waals surface area contributed by atoms with E-state index in [1.54, 1.807) is 0 Å². The number of halogens is 2. The maximum Gasteiger partial charge on any atom is 0.223 e. The fourth-order valence-electron chi connectivity index (χ4n) is 5.15. The minimum absolute atomic E-state index is 0.0740. The summed E-state index contributed by atoms with van der Waals surface area (Å²) in [6.07, 6.45) is 6.42. The number of piperidine rings is 1. The Kier molecular flexibility index (Phi) is 4.30. The van der Waals surface area contributed by atoms with Gasteiger partial charge in [0.05, 0.1) is 0 Å². The molecule has 2 aliphatic carbocycles. The van der Waals surface area contributed by atoms with Crippen molar-refractivity contribution in [3.05, 3.63) is 35.4 Å². The average Bonchev–Trinajstić information content (AvgIpc) is 3.08. The van der Waals surface area contributed by atoms with Crippen LogP contribution >= 0.6 is 0 Å². The Balaban J connectivity index is 1.47. The van der Waals surface area contributed by atoms with Gasteiger partial charge in [-0.1, -0.05) is 18.9 Å². The van der Waals surface area contributed by atoms with Crippen molar-refractivity contribution >= 4 is 5.91 Å². The quantitative estimate of drug-likeness (QED) is 0.877. The number of nitrogens with one attached hydrogen (secondary N) is 2. The van der Waals surface area contributed by atoms with Crippen LogP contribution in [0.3, 0.4) is 0 Å². The summed E-state index contributed by atoms with van der Waals surface area (Å²) in [4.78, 5) is 12.7. The summed E-state index contributed by atoms with van der Waals surface area (Å²) in [5, 5.41) is 6.40. The zero-order valence-electron chi connectivity index (χ0n) is 14.5. The van der Waals surface area contributed by atoms with Crippen LogP contribution in [0.25, 0.3) is 0 Å². The third-order valence-electron chi connectivity index (χ3n) is 6.76. The van der Waals surface area contributed by atoms with Crippen molar-refractivity contribution in [1.82, 2.24) is 10.6 Å². The zero-order valence-corrected chi connectivity index (χ0v) is 14.5. The molecule has 0 radical (unpaired) electrons. The average molecular weight is 348 g/mol. The molecule has 0 aromatic heterocycles. The van der Waals surface area contributed by atoms with Crippen LogP contribution in [-0.4, -0.2) is 25.5 Å². The van der Waals surface area contributed by atoms with E-state index < -0.39 is 17.0 Å². The predicted octanol–water partition coefficient (Wildman–Crippen LogP) is 3.28. The number of hydrogen-bond donors (Lipinski definition) is 2. The van der Waals surface area contributed by atoms with E-state index in [1.165, 1.54) is 18.2 Å². The third kappa shape index (κ3) is 2.97. The Morgan fingerprint density at radius 3 is 2.40 bits per heavy atom. The number of benzene rings is 1. The standard InChI is InChI=1S/C20H26F2N2O/c21-15-4-3-5-16(22)17(15)20(6-1-2-7-20)13-24-18(25)14-12-19(14)8-10-23-11-9-19/h3-5,14,23H,1-2,6-13H2,(H,24,25). The fourth-order valence-corrected chi connectivity index (χ4v) is 5.15. The van der Waals surface area contributed by atoms with Gasteiger partial charge in [0.2, 0.25) is 5.91 Å². The third-order valence-corrected chi connectivity index (χ3v) is 6.76. The summed E-state index contributed by atoms with van der Waals surface area (Å²) in [6.45, 7) is 2.30. The van der Waals surface area contributed by atoms with Gasteiger partial charge < -0.3 is 10.6 Å². The van der Waals surface area contributed by atoms with Crippen LogP contribution in [0.1, 0.15) is 50.5 Å². The molecule has 1 aromatic carbocycles. The molecule has 3 aliphatic rings. The molecule has 136 valence electrons. The van der Waals surface area contributed by atoms with Gasteiger partial charge >= 0.3 is 0 Å². The van der Waals surface area contributed by atoms with Crippen LogP contribution in [0.4, 0.5) is 8.78 Å². The summed E-state index contributed by atoms with van der Waals surface area (Å²) in [5.41, 5.74) is -0.247. The summed E-state index contributed by atoms with van der Waals surface area (Å²) >= 11 is 0. The van der Waals surface area contributed by atoms with Crippen molar-refractivity contribution < 1.29 is 13.6 Å². The molecule has 0 bridgehead atoms. The molecule has 1 unspecified atom stereocenters. The molecule has 1 spiro atoms. The van der Waals surface area contributed by atoms with Gasteiger partial charge in [-0.15, -0.1) is 0 Å². The van der Waals surface area contributed by atoms with Crippen LogP contribution < -0.4 is 10.6 Å². The molecular weight excluding hydrogens is 322 g/mol. The molecule has 2 N–H and O–H groups in total. The lowest BCUT2D eigenvalue weighted by Crippen LogP contribution is -2.42. The maximum atomic E-state index is 14.4. The molecule has 1 amide bonds. The fraction of sp³-hybridized carbons (Fsp3) is 0.650. The molecular formula is C20H26F2N2O. The van der Waals surface area contributed by atoms with Gasteiger partial charge in [0.15, 0.2) is 0 Å². The summed E-state index contributed by atoms with van der Waals surface area (Å²) in [5.74, 6) is -0.821. The minimum atomic E-state index is -0.596. The largest absolute Gasteiger partial charge is 0.355 e. The van der Waals surface area contributed by atoms with E-state index in [0.717, 1.165) is 58.0 Å².